The molecule has 2 aromatic heterocycles. The highest BCUT2D eigenvalue weighted by molar-refractivity contribution is 5.85. The number of aryl methyl sites for hydroxylation is 1. The number of piperidine rings is 1. The minimum Gasteiger partial charge on any atom is -0.352 e. The predicted molar refractivity (Wildman–Crippen MR) is 97.9 cm³/mol. The molecule has 6 nitrogen and oxygen atoms in total. The van der Waals surface area contributed by atoms with Gasteiger partial charge in [-0.3, -0.25) is 4.79 Å². The number of hydrogen-bond acceptors (Lipinski definition) is 4. The van der Waals surface area contributed by atoms with Crippen LogP contribution in [-0.2, 0) is 11.3 Å². The van der Waals surface area contributed by atoms with Crippen LogP contribution in [0.5, 0.6) is 0 Å². The number of rotatable bonds is 5. The van der Waals surface area contributed by atoms with Gasteiger partial charge in [-0.1, -0.05) is 0 Å². The maximum atomic E-state index is 13.4. The number of carbonyl (C=O) groups excluding carboxylic acids is 1. The van der Waals surface area contributed by atoms with Crippen molar-refractivity contribution in [2.75, 3.05) is 7.05 Å². The van der Waals surface area contributed by atoms with E-state index in [1.165, 1.54) is 6.92 Å². The van der Waals surface area contributed by atoms with Gasteiger partial charge in [-0.2, -0.15) is 5.10 Å². The zero-order valence-corrected chi connectivity index (χ0v) is 16.2. The second kappa shape index (κ2) is 7.55. The number of nitrogens with one attached hydrogen (secondary N) is 1. The number of amides is 1. The Morgan fingerprint density at radius 2 is 1.86 bits per heavy atom. The Bertz CT molecular complexity index is 917. The molecule has 1 amide bonds. The standard InChI is InChI=1S/C19H23F4N5O/c1-9-16-13(17(20)21)7-14(18(22)23)25-19(16)28(26-9)8-15(29)24-10-5-11-3-4-12(6-10)27(11)2/h7,10-12,17-18H,3-6,8H2,1-2H3,(H,24,29). The van der Waals surface area contributed by atoms with E-state index in [1.807, 2.05) is 0 Å². The van der Waals surface area contributed by atoms with Crippen LogP contribution in [0, 0.1) is 6.92 Å². The van der Waals surface area contributed by atoms with Crippen molar-refractivity contribution >= 4 is 16.9 Å². The molecule has 0 aliphatic carbocycles. The van der Waals surface area contributed by atoms with Gasteiger partial charge in [0.05, 0.1) is 11.1 Å². The third-order valence-corrected chi connectivity index (χ3v) is 6.14. The number of fused-ring (bicyclic) bond motifs is 3. The summed E-state index contributed by atoms with van der Waals surface area (Å²) in [4.78, 5) is 18.7. The lowest BCUT2D eigenvalue weighted by Gasteiger charge is -2.36. The first-order valence-electron chi connectivity index (χ1n) is 9.70. The monoisotopic (exact) mass is 413 g/mol. The molecule has 2 aliphatic rings. The molecule has 29 heavy (non-hydrogen) atoms. The maximum absolute atomic E-state index is 13.4. The predicted octanol–water partition coefficient (Wildman–Crippen LogP) is 3.36. The Morgan fingerprint density at radius 3 is 2.45 bits per heavy atom. The highest BCUT2D eigenvalue weighted by Crippen LogP contribution is 2.35. The summed E-state index contributed by atoms with van der Waals surface area (Å²) in [5, 5.41) is 7.14. The smallest absolute Gasteiger partial charge is 0.280 e. The van der Waals surface area contributed by atoms with Crippen molar-refractivity contribution in [2.45, 2.75) is 70.1 Å². The molecule has 158 valence electrons. The fourth-order valence-corrected chi connectivity index (χ4v) is 4.74. The summed E-state index contributed by atoms with van der Waals surface area (Å²) in [5.41, 5.74) is -1.18. The van der Waals surface area contributed by atoms with Crippen LogP contribution in [-0.4, -0.2) is 50.7 Å². The van der Waals surface area contributed by atoms with E-state index in [-0.39, 0.29) is 35.2 Å². The summed E-state index contributed by atoms with van der Waals surface area (Å²) >= 11 is 0. The summed E-state index contributed by atoms with van der Waals surface area (Å²) < 4.78 is 54.3. The molecule has 2 atom stereocenters. The van der Waals surface area contributed by atoms with E-state index in [2.05, 4.69) is 27.3 Å². The molecule has 2 unspecified atom stereocenters. The van der Waals surface area contributed by atoms with E-state index in [9.17, 15) is 22.4 Å². The highest BCUT2D eigenvalue weighted by atomic mass is 19.3. The van der Waals surface area contributed by atoms with Gasteiger partial charge in [0.15, 0.2) is 5.65 Å². The van der Waals surface area contributed by atoms with E-state index in [1.54, 1.807) is 0 Å². The van der Waals surface area contributed by atoms with Gasteiger partial charge >= 0.3 is 0 Å². The number of pyridine rings is 1. The van der Waals surface area contributed by atoms with Gasteiger partial charge in [0.2, 0.25) is 5.91 Å². The van der Waals surface area contributed by atoms with Gasteiger partial charge < -0.3 is 10.2 Å². The highest BCUT2D eigenvalue weighted by Gasteiger charge is 2.38. The third-order valence-electron chi connectivity index (χ3n) is 6.14. The van der Waals surface area contributed by atoms with Crippen molar-refractivity contribution in [1.82, 2.24) is 25.0 Å². The first-order chi connectivity index (χ1) is 13.7. The van der Waals surface area contributed by atoms with Crippen molar-refractivity contribution in [3.8, 4) is 0 Å². The average Bonchev–Trinajstić information content (AvgIpc) is 3.05. The Balaban J connectivity index is 1.57. The van der Waals surface area contributed by atoms with Crippen LogP contribution in [0.2, 0.25) is 0 Å². The molecule has 4 rings (SSSR count). The number of alkyl halides is 4. The molecular formula is C19H23F4N5O. The molecule has 0 saturated carbocycles. The van der Waals surface area contributed by atoms with Crippen LogP contribution in [0.3, 0.4) is 0 Å². The Hall–Kier alpha value is -2.23. The Kier molecular flexibility index (Phi) is 5.22. The first kappa shape index (κ1) is 20.1. The molecule has 10 heteroatoms. The second-order valence-corrected chi connectivity index (χ2v) is 7.97. The molecule has 4 heterocycles. The second-order valence-electron chi connectivity index (χ2n) is 7.97. The number of halogens is 4. The normalized spacial score (nSPS) is 24.8. The number of hydrogen-bond donors (Lipinski definition) is 1. The van der Waals surface area contributed by atoms with E-state index in [0.29, 0.717) is 18.2 Å². The third kappa shape index (κ3) is 3.70. The lowest BCUT2D eigenvalue weighted by Crippen LogP contribution is -2.49. The van der Waals surface area contributed by atoms with Gasteiger partial charge in [-0.15, -0.1) is 0 Å². The van der Waals surface area contributed by atoms with Gasteiger partial charge in [0.25, 0.3) is 12.9 Å². The van der Waals surface area contributed by atoms with Crippen molar-refractivity contribution in [3.05, 3.63) is 23.0 Å². The number of aromatic nitrogens is 3. The lowest BCUT2D eigenvalue weighted by molar-refractivity contribution is -0.123. The van der Waals surface area contributed by atoms with Crippen LogP contribution >= 0.6 is 0 Å². The number of carbonyl (C=O) groups is 1. The van der Waals surface area contributed by atoms with Gasteiger partial charge in [0.1, 0.15) is 12.2 Å². The summed E-state index contributed by atoms with van der Waals surface area (Å²) in [6, 6.07) is 1.66. The Labute approximate surface area is 165 Å². The molecule has 2 bridgehead atoms. The zero-order valence-electron chi connectivity index (χ0n) is 16.2. The molecule has 0 spiro atoms. The molecule has 1 N–H and O–H groups in total. The first-order valence-corrected chi connectivity index (χ1v) is 9.70. The molecular weight excluding hydrogens is 390 g/mol. The number of nitrogens with zero attached hydrogens (tertiary/aromatic N) is 4. The van der Waals surface area contributed by atoms with E-state index in [0.717, 1.165) is 30.4 Å². The average molecular weight is 413 g/mol. The fourth-order valence-electron chi connectivity index (χ4n) is 4.74. The molecule has 2 fully saturated rings. The molecule has 2 aliphatic heterocycles. The summed E-state index contributed by atoms with van der Waals surface area (Å²) in [6.07, 6.45) is -1.98. The van der Waals surface area contributed by atoms with Crippen LogP contribution in [0.4, 0.5) is 17.6 Å². The van der Waals surface area contributed by atoms with Crippen molar-refractivity contribution < 1.29 is 22.4 Å². The van der Waals surface area contributed by atoms with Crippen molar-refractivity contribution in [1.29, 1.82) is 0 Å². The van der Waals surface area contributed by atoms with Crippen molar-refractivity contribution in [2.24, 2.45) is 0 Å². The van der Waals surface area contributed by atoms with Crippen LogP contribution < -0.4 is 5.32 Å². The molecule has 0 radical (unpaired) electrons. The zero-order chi connectivity index (χ0) is 20.9. The summed E-state index contributed by atoms with van der Waals surface area (Å²) in [7, 11) is 2.10. The lowest BCUT2D eigenvalue weighted by atomic mass is 9.98. The summed E-state index contributed by atoms with van der Waals surface area (Å²) in [5.74, 6) is -0.328. The SMILES string of the molecule is Cc1nn(CC(=O)NC2CC3CCC(C2)N3C)c2nc(C(F)F)cc(C(F)F)c12. The molecule has 2 aromatic rings. The minimum absolute atomic E-state index is 0.0227. The van der Waals surface area contributed by atoms with E-state index >= 15 is 0 Å². The van der Waals surface area contributed by atoms with Gasteiger partial charge in [-0.05, 0) is 45.7 Å². The maximum Gasteiger partial charge on any atom is 0.280 e. The van der Waals surface area contributed by atoms with Crippen molar-refractivity contribution in [3.63, 3.8) is 0 Å². The van der Waals surface area contributed by atoms with Crippen LogP contribution in [0.15, 0.2) is 6.07 Å². The largest absolute Gasteiger partial charge is 0.352 e. The topological polar surface area (TPSA) is 63.1 Å². The van der Waals surface area contributed by atoms with Gasteiger partial charge in [-0.25, -0.2) is 27.2 Å². The van der Waals surface area contributed by atoms with Crippen LogP contribution in [0.1, 0.15) is 55.5 Å². The molecule has 2 saturated heterocycles. The van der Waals surface area contributed by atoms with E-state index < -0.39 is 24.1 Å². The van der Waals surface area contributed by atoms with Gasteiger partial charge in [0, 0.05) is 23.7 Å². The Morgan fingerprint density at radius 1 is 1.21 bits per heavy atom. The quantitative estimate of drug-likeness (QED) is 0.764. The molecule has 0 aromatic carbocycles. The summed E-state index contributed by atoms with van der Waals surface area (Å²) in [6.45, 7) is 1.25. The van der Waals surface area contributed by atoms with E-state index in [4.69, 9.17) is 0 Å². The van der Waals surface area contributed by atoms with Crippen LogP contribution in [0.25, 0.3) is 11.0 Å². The fraction of sp³-hybridized carbons (Fsp3) is 0.632. The minimum atomic E-state index is -3.00.